The average Bonchev–Trinajstić information content (AvgIpc) is 3.47. The summed E-state index contributed by atoms with van der Waals surface area (Å²) in [6.45, 7) is -0.410. The van der Waals surface area contributed by atoms with Crippen molar-refractivity contribution in [2.24, 2.45) is 11.1 Å². The molecule has 0 aliphatic carbocycles. The SMILES string of the molecule is CN(C)c1ccc([C@H]2c3sc(=O)n(CC(=O)Nc4ccc(S(N)(=O)=O)cc4)c3SC3C(=O)N(c4ccc([N+](=O)[O-])cc4)C(=O)C32)cc1. The van der Waals surface area contributed by atoms with E-state index in [2.05, 4.69) is 5.32 Å². The van der Waals surface area contributed by atoms with Gasteiger partial charge in [-0.1, -0.05) is 35.2 Å². The van der Waals surface area contributed by atoms with E-state index in [0.29, 0.717) is 15.5 Å². The first kappa shape index (κ1) is 32.1. The molecule has 0 bridgehead atoms. The number of imide groups is 1. The molecule has 14 nitrogen and oxygen atoms in total. The zero-order chi connectivity index (χ0) is 33.8. The lowest BCUT2D eigenvalue weighted by Crippen LogP contribution is -2.33. The van der Waals surface area contributed by atoms with Crippen molar-refractivity contribution < 1.29 is 27.7 Å². The maximum absolute atomic E-state index is 14.1. The summed E-state index contributed by atoms with van der Waals surface area (Å²) in [7, 11) is -0.163. The molecule has 4 aromatic rings. The molecule has 17 heteroatoms. The van der Waals surface area contributed by atoms with Crippen molar-refractivity contribution in [3.8, 4) is 0 Å². The van der Waals surface area contributed by atoms with Crippen molar-refractivity contribution in [1.82, 2.24) is 4.57 Å². The molecule has 3 heterocycles. The lowest BCUT2D eigenvalue weighted by atomic mass is 9.83. The fourth-order valence-corrected chi connectivity index (χ4v) is 8.93. The molecule has 3 aromatic carbocycles. The lowest BCUT2D eigenvalue weighted by molar-refractivity contribution is -0.384. The van der Waals surface area contributed by atoms with Gasteiger partial charge in [0.05, 0.1) is 26.5 Å². The number of benzene rings is 3. The monoisotopic (exact) mass is 694 g/mol. The highest BCUT2D eigenvalue weighted by molar-refractivity contribution is 8.00. The highest BCUT2D eigenvalue weighted by Crippen LogP contribution is 2.54. The summed E-state index contributed by atoms with van der Waals surface area (Å²) in [5, 5.41) is 18.4. The first-order valence-electron chi connectivity index (χ1n) is 14.0. The largest absolute Gasteiger partial charge is 0.378 e. The first-order valence-corrected chi connectivity index (χ1v) is 17.2. The molecular formula is C30H26N6O8S3. The second-order valence-corrected chi connectivity index (χ2v) is 14.7. The van der Waals surface area contributed by atoms with Gasteiger partial charge in [0, 0.05) is 48.4 Å². The van der Waals surface area contributed by atoms with Gasteiger partial charge < -0.3 is 10.2 Å². The van der Waals surface area contributed by atoms with E-state index in [0.717, 1.165) is 33.7 Å². The lowest BCUT2D eigenvalue weighted by Gasteiger charge is -2.31. The van der Waals surface area contributed by atoms with Crippen LogP contribution in [0.5, 0.6) is 0 Å². The second-order valence-electron chi connectivity index (χ2n) is 11.1. The van der Waals surface area contributed by atoms with Crippen LogP contribution in [0.15, 0.2) is 87.5 Å². The number of nitro benzene ring substituents is 1. The van der Waals surface area contributed by atoms with E-state index < -0.39 is 61.2 Å². The van der Waals surface area contributed by atoms with Gasteiger partial charge in [0.15, 0.2) is 0 Å². The van der Waals surface area contributed by atoms with E-state index in [4.69, 9.17) is 5.14 Å². The predicted molar refractivity (Wildman–Crippen MR) is 176 cm³/mol. The zero-order valence-electron chi connectivity index (χ0n) is 24.7. The standard InChI is InChI=1S/C30H26N6O8S3/c1-33(2)18-7-3-16(4-8-18)23-24-25(28(39)35(27(24)38)19-9-11-20(12-10-19)36(41)42)45-29-26(23)46-30(40)34(29)15-22(37)32-17-5-13-21(14-6-17)47(31,43)44/h3-14,23-25H,15H2,1-2H3,(H,32,37)(H2,31,43,44)/t23-,24?,25?/m1/s1. The van der Waals surface area contributed by atoms with Crippen molar-refractivity contribution >= 4 is 73.6 Å². The molecule has 2 unspecified atom stereocenters. The Balaban J connectivity index is 1.37. The van der Waals surface area contributed by atoms with Gasteiger partial charge in [-0.2, -0.15) is 0 Å². The topological polar surface area (TPSA) is 195 Å². The summed E-state index contributed by atoms with van der Waals surface area (Å²) < 4.78 is 24.4. The number of anilines is 3. The highest BCUT2D eigenvalue weighted by Gasteiger charge is 2.56. The van der Waals surface area contributed by atoms with Gasteiger partial charge in [-0.25, -0.2) is 18.5 Å². The molecule has 1 aromatic heterocycles. The number of thiazole rings is 1. The van der Waals surface area contributed by atoms with Crippen LogP contribution in [0, 0.1) is 16.0 Å². The van der Waals surface area contributed by atoms with Crippen LogP contribution in [-0.4, -0.2) is 55.0 Å². The number of sulfonamides is 1. The predicted octanol–water partition coefficient (Wildman–Crippen LogP) is 2.97. The number of carbonyl (C=O) groups excluding carboxylic acids is 3. The summed E-state index contributed by atoms with van der Waals surface area (Å²) >= 11 is 1.93. The highest BCUT2D eigenvalue weighted by atomic mass is 32.2. The van der Waals surface area contributed by atoms with Gasteiger partial charge in [-0.3, -0.25) is 33.9 Å². The summed E-state index contributed by atoms with van der Waals surface area (Å²) in [5.41, 5.74) is 1.88. The number of nitro groups is 1. The molecule has 2 aliphatic heterocycles. The van der Waals surface area contributed by atoms with E-state index in [1.165, 1.54) is 53.1 Å². The normalized spacial score (nSPS) is 18.9. The van der Waals surface area contributed by atoms with Crippen LogP contribution in [0.1, 0.15) is 16.4 Å². The number of primary sulfonamides is 1. The molecule has 0 spiro atoms. The van der Waals surface area contributed by atoms with Gasteiger partial charge in [-0.15, -0.1) is 0 Å². The Bertz CT molecular complexity index is 2090. The van der Waals surface area contributed by atoms with Crippen LogP contribution >= 0.6 is 23.1 Å². The van der Waals surface area contributed by atoms with Crippen LogP contribution in [0.25, 0.3) is 0 Å². The van der Waals surface area contributed by atoms with E-state index >= 15 is 0 Å². The molecule has 0 saturated carbocycles. The minimum atomic E-state index is -3.93. The smallest absolute Gasteiger partial charge is 0.308 e. The third-order valence-corrected chi connectivity index (χ3v) is 11.4. The number of hydrogen-bond acceptors (Lipinski definition) is 11. The first-order chi connectivity index (χ1) is 22.2. The number of fused-ring (bicyclic) bond motifs is 2. The number of hydrogen-bond donors (Lipinski definition) is 2. The fraction of sp³-hybridized carbons (Fsp3) is 0.200. The van der Waals surface area contributed by atoms with E-state index in [-0.39, 0.29) is 22.0 Å². The second kappa shape index (κ2) is 12.1. The van der Waals surface area contributed by atoms with E-state index in [1.54, 1.807) is 0 Å². The molecule has 1 fully saturated rings. The minimum absolute atomic E-state index is 0.132. The van der Waals surface area contributed by atoms with Gasteiger partial charge in [0.2, 0.25) is 27.7 Å². The van der Waals surface area contributed by atoms with Crippen LogP contribution in [0.2, 0.25) is 0 Å². The molecule has 0 radical (unpaired) electrons. The molecule has 1 saturated heterocycles. The third kappa shape index (κ3) is 5.93. The van der Waals surface area contributed by atoms with Gasteiger partial charge in [0.25, 0.3) is 5.69 Å². The number of rotatable bonds is 8. The number of nitrogens with one attached hydrogen (secondary N) is 1. The Morgan fingerprint density at radius 3 is 2.19 bits per heavy atom. The van der Waals surface area contributed by atoms with E-state index in [1.807, 2.05) is 43.3 Å². The summed E-state index contributed by atoms with van der Waals surface area (Å²) in [6, 6.07) is 17.8. The molecule has 3 amide bonds. The quantitative estimate of drug-likeness (QED) is 0.157. The number of nitrogens with zero attached hydrogens (tertiary/aromatic N) is 4. The molecule has 2 aliphatic rings. The zero-order valence-corrected chi connectivity index (χ0v) is 27.2. The number of aromatic nitrogens is 1. The van der Waals surface area contributed by atoms with Crippen LogP contribution < -0.4 is 25.1 Å². The summed E-state index contributed by atoms with van der Waals surface area (Å²) in [5.74, 6) is -3.20. The van der Waals surface area contributed by atoms with Crippen molar-refractivity contribution in [1.29, 1.82) is 0 Å². The molecule has 3 N–H and O–H groups in total. The molecule has 242 valence electrons. The average molecular weight is 695 g/mol. The van der Waals surface area contributed by atoms with Crippen molar-refractivity contribution in [2.45, 2.75) is 27.6 Å². The molecule has 47 heavy (non-hydrogen) atoms. The van der Waals surface area contributed by atoms with Crippen LogP contribution in [0.4, 0.5) is 22.7 Å². The van der Waals surface area contributed by atoms with Gasteiger partial charge >= 0.3 is 4.87 Å². The van der Waals surface area contributed by atoms with E-state index in [9.17, 15) is 37.7 Å². The third-order valence-electron chi connectivity index (χ3n) is 7.90. The fourth-order valence-electron chi connectivity index (χ4n) is 5.64. The Kier molecular flexibility index (Phi) is 8.25. The molecular weight excluding hydrogens is 669 g/mol. The molecule has 6 rings (SSSR count). The maximum Gasteiger partial charge on any atom is 0.308 e. The van der Waals surface area contributed by atoms with Crippen molar-refractivity contribution in [2.75, 3.05) is 29.2 Å². The number of non-ortho nitro benzene ring substituents is 1. The number of thioether (sulfide) groups is 1. The maximum atomic E-state index is 14.1. The van der Waals surface area contributed by atoms with Gasteiger partial charge in [0.1, 0.15) is 11.8 Å². The minimum Gasteiger partial charge on any atom is -0.378 e. The number of amides is 3. The Morgan fingerprint density at radius 2 is 1.62 bits per heavy atom. The van der Waals surface area contributed by atoms with Gasteiger partial charge in [-0.05, 0) is 54.1 Å². The molecule has 3 atom stereocenters. The number of carbonyl (C=O) groups is 3. The van der Waals surface area contributed by atoms with Crippen LogP contribution in [-0.2, 0) is 31.0 Å². The summed E-state index contributed by atoms with van der Waals surface area (Å²) in [4.78, 5) is 68.0. The Labute approximate surface area is 276 Å². The van der Waals surface area contributed by atoms with Crippen molar-refractivity contribution in [3.63, 3.8) is 0 Å². The van der Waals surface area contributed by atoms with Crippen molar-refractivity contribution in [3.05, 3.63) is 103 Å². The Hall–Kier alpha value is -4.84. The van der Waals surface area contributed by atoms with Crippen LogP contribution in [0.3, 0.4) is 0 Å². The number of nitrogens with two attached hydrogens (primary N) is 1. The Morgan fingerprint density at radius 1 is 0.979 bits per heavy atom. The summed E-state index contributed by atoms with van der Waals surface area (Å²) in [6.07, 6.45) is 0.